The van der Waals surface area contributed by atoms with Gasteiger partial charge in [-0.15, -0.1) is 0 Å². The van der Waals surface area contributed by atoms with Crippen LogP contribution in [0.3, 0.4) is 0 Å². The first kappa shape index (κ1) is 18.7. The molecule has 0 bridgehead atoms. The van der Waals surface area contributed by atoms with E-state index in [-0.39, 0.29) is 0 Å². The van der Waals surface area contributed by atoms with Crippen LogP contribution >= 0.6 is 0 Å². The lowest BCUT2D eigenvalue weighted by molar-refractivity contribution is 0.791. The molecule has 0 saturated carbocycles. The molecule has 0 atom stereocenters. The molecule has 0 aliphatic heterocycles. The van der Waals surface area contributed by atoms with E-state index in [9.17, 15) is 0 Å². The minimum atomic E-state index is 0.632. The van der Waals surface area contributed by atoms with Gasteiger partial charge in [0.25, 0.3) is 0 Å². The normalized spacial score (nSPS) is 10.6. The number of benzene rings is 2. The van der Waals surface area contributed by atoms with E-state index in [1.807, 2.05) is 12.1 Å². The van der Waals surface area contributed by atoms with Gasteiger partial charge in [-0.05, 0) is 25.0 Å². The first-order valence-corrected chi connectivity index (χ1v) is 9.41. The van der Waals surface area contributed by atoms with E-state index in [1.165, 1.54) is 11.1 Å². The van der Waals surface area contributed by atoms with Crippen molar-refractivity contribution in [1.82, 2.24) is 9.97 Å². The van der Waals surface area contributed by atoms with E-state index in [4.69, 9.17) is 5.73 Å². The summed E-state index contributed by atoms with van der Waals surface area (Å²) >= 11 is 0. The first-order valence-electron chi connectivity index (χ1n) is 9.41. The zero-order valence-corrected chi connectivity index (χ0v) is 16.0. The number of nitrogens with two attached hydrogens (primary N) is 1. The highest BCUT2D eigenvalue weighted by molar-refractivity contribution is 5.75. The summed E-state index contributed by atoms with van der Waals surface area (Å²) in [6.45, 7) is 7.41. The molecule has 5 nitrogen and oxygen atoms in total. The molecule has 1 aromatic heterocycles. The Balaban J connectivity index is 1.87. The predicted molar refractivity (Wildman–Crippen MR) is 113 cm³/mol. The number of hydrogen-bond acceptors (Lipinski definition) is 5. The number of aromatic nitrogens is 2. The standard InChI is InChI=1S/C22H27N5/c1-3-26(15-18-11-7-5-8-12-18)21-20(23)22(25-17-24-21)27(4-2)16-19-13-9-6-10-14-19/h5-14,17H,3-4,15-16,23H2,1-2H3. The van der Waals surface area contributed by atoms with Gasteiger partial charge in [0.05, 0.1) is 0 Å². The molecule has 140 valence electrons. The smallest absolute Gasteiger partial charge is 0.157 e. The molecule has 0 saturated heterocycles. The Hall–Kier alpha value is -3.08. The fourth-order valence-electron chi connectivity index (χ4n) is 3.16. The van der Waals surface area contributed by atoms with Gasteiger partial charge in [-0.2, -0.15) is 0 Å². The maximum Gasteiger partial charge on any atom is 0.157 e. The molecule has 5 heteroatoms. The third-order valence-corrected chi connectivity index (χ3v) is 4.64. The summed E-state index contributed by atoms with van der Waals surface area (Å²) in [5.41, 5.74) is 9.63. The number of nitrogen functional groups attached to an aromatic ring is 1. The Labute approximate surface area is 161 Å². The van der Waals surface area contributed by atoms with Crippen molar-refractivity contribution < 1.29 is 0 Å². The second kappa shape index (κ2) is 9.03. The fourth-order valence-corrected chi connectivity index (χ4v) is 3.16. The van der Waals surface area contributed by atoms with Gasteiger partial charge in [0, 0.05) is 26.2 Å². The average molecular weight is 361 g/mol. The average Bonchev–Trinajstić information content (AvgIpc) is 2.72. The summed E-state index contributed by atoms with van der Waals surface area (Å²) in [6.07, 6.45) is 1.61. The maximum absolute atomic E-state index is 6.54. The summed E-state index contributed by atoms with van der Waals surface area (Å²) in [5, 5.41) is 0. The molecule has 0 radical (unpaired) electrons. The number of anilines is 3. The van der Waals surface area contributed by atoms with Crippen LogP contribution in [0.4, 0.5) is 17.3 Å². The Bertz CT molecular complexity index is 768. The molecule has 2 N–H and O–H groups in total. The van der Waals surface area contributed by atoms with Crippen LogP contribution in [0.5, 0.6) is 0 Å². The molecule has 0 spiro atoms. The fraction of sp³-hybridized carbons (Fsp3) is 0.273. The van der Waals surface area contributed by atoms with Crippen molar-refractivity contribution >= 4 is 17.3 Å². The molecular formula is C22H27N5. The van der Waals surface area contributed by atoms with Crippen molar-refractivity contribution in [2.24, 2.45) is 0 Å². The Kier molecular flexibility index (Phi) is 6.26. The number of hydrogen-bond donors (Lipinski definition) is 1. The second-order valence-electron chi connectivity index (χ2n) is 6.43. The first-order chi connectivity index (χ1) is 13.2. The molecule has 3 aromatic rings. The lowest BCUT2D eigenvalue weighted by Crippen LogP contribution is -2.28. The molecular weight excluding hydrogens is 334 g/mol. The molecule has 0 aliphatic rings. The molecule has 0 unspecified atom stereocenters. The third kappa shape index (κ3) is 4.56. The van der Waals surface area contributed by atoms with Crippen LogP contribution in [0.25, 0.3) is 0 Å². The van der Waals surface area contributed by atoms with E-state index in [2.05, 4.69) is 82.1 Å². The monoisotopic (exact) mass is 361 g/mol. The minimum Gasteiger partial charge on any atom is -0.393 e. The SMILES string of the molecule is CCN(Cc1ccccc1)c1ncnc(N(CC)Cc2ccccc2)c1N. The topological polar surface area (TPSA) is 58.3 Å². The van der Waals surface area contributed by atoms with Crippen LogP contribution in [0.15, 0.2) is 67.0 Å². The quantitative estimate of drug-likeness (QED) is 0.654. The van der Waals surface area contributed by atoms with Gasteiger partial charge in [0.1, 0.15) is 12.0 Å². The van der Waals surface area contributed by atoms with E-state index in [0.29, 0.717) is 5.69 Å². The van der Waals surface area contributed by atoms with Crippen molar-refractivity contribution in [2.45, 2.75) is 26.9 Å². The van der Waals surface area contributed by atoms with E-state index >= 15 is 0 Å². The number of rotatable bonds is 8. The Morgan fingerprint density at radius 3 is 1.48 bits per heavy atom. The van der Waals surface area contributed by atoms with Gasteiger partial charge >= 0.3 is 0 Å². The van der Waals surface area contributed by atoms with Crippen LogP contribution in [-0.4, -0.2) is 23.1 Å². The molecule has 0 aliphatic carbocycles. The number of nitrogens with zero attached hydrogens (tertiary/aromatic N) is 4. The molecule has 0 fully saturated rings. The van der Waals surface area contributed by atoms with Crippen LogP contribution in [0.2, 0.25) is 0 Å². The van der Waals surface area contributed by atoms with E-state index in [0.717, 1.165) is 37.8 Å². The van der Waals surface area contributed by atoms with Crippen molar-refractivity contribution in [3.8, 4) is 0 Å². The van der Waals surface area contributed by atoms with Gasteiger partial charge in [0.2, 0.25) is 0 Å². The van der Waals surface area contributed by atoms with Crippen molar-refractivity contribution in [3.63, 3.8) is 0 Å². The summed E-state index contributed by atoms with van der Waals surface area (Å²) < 4.78 is 0. The van der Waals surface area contributed by atoms with E-state index < -0.39 is 0 Å². The van der Waals surface area contributed by atoms with Crippen LogP contribution in [0.1, 0.15) is 25.0 Å². The van der Waals surface area contributed by atoms with Crippen LogP contribution in [0, 0.1) is 0 Å². The molecule has 3 rings (SSSR count). The van der Waals surface area contributed by atoms with Crippen molar-refractivity contribution in [3.05, 3.63) is 78.1 Å². The molecule has 2 aromatic carbocycles. The highest BCUT2D eigenvalue weighted by Gasteiger charge is 2.18. The van der Waals surface area contributed by atoms with Gasteiger partial charge in [-0.3, -0.25) is 0 Å². The highest BCUT2D eigenvalue weighted by Crippen LogP contribution is 2.30. The van der Waals surface area contributed by atoms with Gasteiger partial charge in [-0.1, -0.05) is 60.7 Å². The Morgan fingerprint density at radius 1 is 0.704 bits per heavy atom. The highest BCUT2D eigenvalue weighted by atomic mass is 15.2. The zero-order valence-electron chi connectivity index (χ0n) is 16.0. The summed E-state index contributed by atoms with van der Waals surface area (Å²) in [5.74, 6) is 1.58. The molecule has 27 heavy (non-hydrogen) atoms. The minimum absolute atomic E-state index is 0.632. The van der Waals surface area contributed by atoms with Gasteiger partial charge in [0.15, 0.2) is 11.6 Å². The maximum atomic E-state index is 6.54. The van der Waals surface area contributed by atoms with Crippen molar-refractivity contribution in [2.75, 3.05) is 28.6 Å². The van der Waals surface area contributed by atoms with Crippen LogP contribution in [-0.2, 0) is 13.1 Å². The Morgan fingerprint density at radius 2 is 1.11 bits per heavy atom. The predicted octanol–water partition coefficient (Wildman–Crippen LogP) is 4.11. The second-order valence-corrected chi connectivity index (χ2v) is 6.43. The largest absolute Gasteiger partial charge is 0.393 e. The summed E-state index contributed by atoms with van der Waals surface area (Å²) in [7, 11) is 0. The summed E-state index contributed by atoms with van der Waals surface area (Å²) in [6, 6.07) is 20.7. The zero-order chi connectivity index (χ0) is 19.1. The molecule has 0 amide bonds. The van der Waals surface area contributed by atoms with Crippen molar-refractivity contribution in [1.29, 1.82) is 0 Å². The molecule has 1 heterocycles. The third-order valence-electron chi connectivity index (χ3n) is 4.64. The van der Waals surface area contributed by atoms with Gasteiger partial charge < -0.3 is 15.5 Å². The lowest BCUT2D eigenvalue weighted by Gasteiger charge is -2.28. The lowest BCUT2D eigenvalue weighted by atomic mass is 10.2. The van der Waals surface area contributed by atoms with Gasteiger partial charge in [-0.25, -0.2) is 9.97 Å². The van der Waals surface area contributed by atoms with Crippen LogP contribution < -0.4 is 15.5 Å². The van der Waals surface area contributed by atoms with E-state index in [1.54, 1.807) is 6.33 Å². The summed E-state index contributed by atoms with van der Waals surface area (Å²) in [4.78, 5) is 13.4.